The Morgan fingerprint density at radius 3 is 2.85 bits per heavy atom. The summed E-state index contributed by atoms with van der Waals surface area (Å²) >= 11 is 0. The standard InChI is InChI=1S/C10H10N2O/c11-6-1-2-8-7(5-6)9(13)12-10(8)3-4-10/h1-2,5H,3-4,11H2,(H,12,13). The minimum Gasteiger partial charge on any atom is -0.399 e. The van der Waals surface area contributed by atoms with Crippen LogP contribution in [0.5, 0.6) is 0 Å². The molecule has 1 aliphatic heterocycles. The van der Waals surface area contributed by atoms with Crippen molar-refractivity contribution in [2.75, 3.05) is 5.73 Å². The maximum atomic E-state index is 11.5. The molecule has 0 unspecified atom stereocenters. The predicted molar refractivity (Wildman–Crippen MR) is 49.2 cm³/mol. The third-order valence-electron chi connectivity index (χ3n) is 2.91. The lowest BCUT2D eigenvalue weighted by Crippen LogP contribution is -2.25. The smallest absolute Gasteiger partial charge is 0.252 e. The average Bonchev–Trinajstić information content (AvgIpc) is 2.79. The quantitative estimate of drug-likeness (QED) is 0.576. The minimum absolute atomic E-state index is 0.0138. The zero-order valence-electron chi connectivity index (χ0n) is 7.13. The number of hydrogen-bond acceptors (Lipinski definition) is 2. The molecule has 0 bridgehead atoms. The van der Waals surface area contributed by atoms with Gasteiger partial charge in [-0.25, -0.2) is 0 Å². The highest BCUT2D eigenvalue weighted by atomic mass is 16.2. The first-order chi connectivity index (χ1) is 6.21. The van der Waals surface area contributed by atoms with Gasteiger partial charge in [0.25, 0.3) is 5.91 Å². The van der Waals surface area contributed by atoms with Crippen molar-refractivity contribution in [1.29, 1.82) is 0 Å². The van der Waals surface area contributed by atoms with Crippen molar-refractivity contribution in [3.63, 3.8) is 0 Å². The van der Waals surface area contributed by atoms with Crippen molar-refractivity contribution in [3.05, 3.63) is 29.3 Å². The molecule has 3 nitrogen and oxygen atoms in total. The van der Waals surface area contributed by atoms with E-state index in [2.05, 4.69) is 5.32 Å². The van der Waals surface area contributed by atoms with Gasteiger partial charge < -0.3 is 11.1 Å². The highest BCUT2D eigenvalue weighted by molar-refractivity contribution is 6.01. The van der Waals surface area contributed by atoms with Crippen LogP contribution in [0.3, 0.4) is 0 Å². The lowest BCUT2D eigenvalue weighted by Gasteiger charge is -2.06. The van der Waals surface area contributed by atoms with E-state index in [0.29, 0.717) is 5.69 Å². The molecule has 13 heavy (non-hydrogen) atoms. The van der Waals surface area contributed by atoms with Crippen LogP contribution in [-0.2, 0) is 5.54 Å². The van der Waals surface area contributed by atoms with Gasteiger partial charge in [-0.2, -0.15) is 0 Å². The van der Waals surface area contributed by atoms with E-state index in [-0.39, 0.29) is 11.4 Å². The summed E-state index contributed by atoms with van der Waals surface area (Å²) < 4.78 is 0. The van der Waals surface area contributed by atoms with Crippen LogP contribution in [0.15, 0.2) is 18.2 Å². The number of amides is 1. The van der Waals surface area contributed by atoms with Crippen molar-refractivity contribution in [2.45, 2.75) is 18.4 Å². The second kappa shape index (κ2) is 1.87. The van der Waals surface area contributed by atoms with E-state index < -0.39 is 0 Å². The SMILES string of the molecule is Nc1ccc2c(c1)C(=O)NC21CC1. The normalized spacial score (nSPS) is 21.4. The Bertz CT molecular complexity index is 407. The Morgan fingerprint density at radius 2 is 2.15 bits per heavy atom. The molecule has 1 fully saturated rings. The summed E-state index contributed by atoms with van der Waals surface area (Å²) in [6.07, 6.45) is 2.13. The van der Waals surface area contributed by atoms with E-state index in [1.165, 1.54) is 0 Å². The van der Waals surface area contributed by atoms with Gasteiger partial charge in [0.2, 0.25) is 0 Å². The summed E-state index contributed by atoms with van der Waals surface area (Å²) in [4.78, 5) is 11.5. The van der Waals surface area contributed by atoms with Gasteiger partial charge in [0.15, 0.2) is 0 Å². The Morgan fingerprint density at radius 1 is 1.38 bits per heavy atom. The van der Waals surface area contributed by atoms with Crippen molar-refractivity contribution in [2.24, 2.45) is 0 Å². The summed E-state index contributed by atoms with van der Waals surface area (Å²) in [7, 11) is 0. The van der Waals surface area contributed by atoms with Crippen LogP contribution in [0, 0.1) is 0 Å². The molecule has 3 heteroatoms. The van der Waals surface area contributed by atoms with Gasteiger partial charge in [0.05, 0.1) is 5.54 Å². The number of anilines is 1. The second-order valence-electron chi connectivity index (χ2n) is 3.84. The van der Waals surface area contributed by atoms with Gasteiger partial charge >= 0.3 is 0 Å². The van der Waals surface area contributed by atoms with E-state index in [4.69, 9.17) is 5.73 Å². The van der Waals surface area contributed by atoms with Crippen molar-refractivity contribution in [1.82, 2.24) is 5.32 Å². The van der Waals surface area contributed by atoms with Crippen LogP contribution in [0.25, 0.3) is 0 Å². The predicted octanol–water partition coefficient (Wildman–Crippen LogP) is 1.00. The largest absolute Gasteiger partial charge is 0.399 e. The number of nitrogen functional groups attached to an aromatic ring is 1. The molecular formula is C10H10N2O. The van der Waals surface area contributed by atoms with Gasteiger partial charge in [-0.15, -0.1) is 0 Å². The molecule has 1 aliphatic carbocycles. The zero-order chi connectivity index (χ0) is 9.05. The summed E-state index contributed by atoms with van der Waals surface area (Å²) in [6, 6.07) is 5.59. The van der Waals surface area contributed by atoms with Crippen LogP contribution in [0.4, 0.5) is 5.69 Å². The van der Waals surface area contributed by atoms with Gasteiger partial charge in [-0.3, -0.25) is 4.79 Å². The molecule has 0 aromatic heterocycles. The number of carbonyl (C=O) groups excluding carboxylic acids is 1. The van der Waals surface area contributed by atoms with Crippen LogP contribution in [0.2, 0.25) is 0 Å². The fourth-order valence-corrected chi connectivity index (χ4v) is 2.04. The average molecular weight is 174 g/mol. The topological polar surface area (TPSA) is 55.1 Å². The molecular weight excluding hydrogens is 164 g/mol. The van der Waals surface area contributed by atoms with E-state index in [0.717, 1.165) is 24.0 Å². The Balaban J connectivity index is 2.25. The summed E-state index contributed by atoms with van der Waals surface area (Å²) in [5.74, 6) is 0.0276. The van der Waals surface area contributed by atoms with Crippen molar-refractivity contribution in [3.8, 4) is 0 Å². The molecule has 66 valence electrons. The van der Waals surface area contributed by atoms with Crippen LogP contribution in [-0.4, -0.2) is 5.91 Å². The molecule has 0 saturated heterocycles. The molecule has 1 aromatic rings. The monoisotopic (exact) mass is 174 g/mol. The molecule has 1 aromatic carbocycles. The van der Waals surface area contributed by atoms with Gasteiger partial charge in [0.1, 0.15) is 0 Å². The Kier molecular flexibility index (Phi) is 0.998. The van der Waals surface area contributed by atoms with E-state index in [9.17, 15) is 4.79 Å². The van der Waals surface area contributed by atoms with Gasteiger partial charge in [0, 0.05) is 11.3 Å². The third-order valence-corrected chi connectivity index (χ3v) is 2.91. The molecule has 1 heterocycles. The van der Waals surface area contributed by atoms with E-state index in [1.54, 1.807) is 6.07 Å². The minimum atomic E-state index is -0.0138. The second-order valence-corrected chi connectivity index (χ2v) is 3.84. The lowest BCUT2D eigenvalue weighted by molar-refractivity contribution is 0.0952. The third kappa shape index (κ3) is 0.763. The van der Waals surface area contributed by atoms with Crippen LogP contribution < -0.4 is 11.1 Å². The first-order valence-corrected chi connectivity index (χ1v) is 4.44. The number of rotatable bonds is 0. The summed E-state index contributed by atoms with van der Waals surface area (Å²) in [6.45, 7) is 0. The first kappa shape index (κ1) is 6.95. The van der Waals surface area contributed by atoms with E-state index >= 15 is 0 Å². The number of carbonyl (C=O) groups is 1. The van der Waals surface area contributed by atoms with Crippen molar-refractivity contribution >= 4 is 11.6 Å². The number of fused-ring (bicyclic) bond motifs is 2. The van der Waals surface area contributed by atoms with Crippen molar-refractivity contribution < 1.29 is 4.79 Å². The highest BCUT2D eigenvalue weighted by Crippen LogP contribution is 2.50. The molecule has 1 saturated carbocycles. The molecule has 3 rings (SSSR count). The molecule has 1 amide bonds. The Labute approximate surface area is 75.9 Å². The maximum absolute atomic E-state index is 11.5. The molecule has 0 atom stereocenters. The molecule has 2 aliphatic rings. The number of nitrogens with two attached hydrogens (primary N) is 1. The number of benzene rings is 1. The fraction of sp³-hybridized carbons (Fsp3) is 0.300. The number of nitrogens with one attached hydrogen (secondary N) is 1. The van der Waals surface area contributed by atoms with E-state index in [1.807, 2.05) is 12.1 Å². The molecule has 1 spiro atoms. The maximum Gasteiger partial charge on any atom is 0.252 e. The van der Waals surface area contributed by atoms with Crippen LogP contribution >= 0.6 is 0 Å². The van der Waals surface area contributed by atoms with Gasteiger partial charge in [-0.1, -0.05) is 6.07 Å². The van der Waals surface area contributed by atoms with Crippen LogP contribution in [0.1, 0.15) is 28.8 Å². The lowest BCUT2D eigenvalue weighted by atomic mass is 10.0. The molecule has 0 radical (unpaired) electrons. The molecule has 3 N–H and O–H groups in total. The summed E-state index contributed by atoms with van der Waals surface area (Å²) in [5.41, 5.74) is 8.16. The van der Waals surface area contributed by atoms with Gasteiger partial charge in [-0.05, 0) is 30.5 Å². The first-order valence-electron chi connectivity index (χ1n) is 4.44. The Hall–Kier alpha value is -1.51. The zero-order valence-corrected chi connectivity index (χ0v) is 7.13. The highest BCUT2D eigenvalue weighted by Gasteiger charge is 2.51. The number of hydrogen-bond donors (Lipinski definition) is 2. The summed E-state index contributed by atoms with van der Waals surface area (Å²) in [5, 5.41) is 3.00. The fourth-order valence-electron chi connectivity index (χ4n) is 2.04.